The van der Waals surface area contributed by atoms with Crippen LogP contribution in [0.4, 0.5) is 0 Å². The molecule has 1 aliphatic carbocycles. The van der Waals surface area contributed by atoms with Crippen molar-refractivity contribution >= 4 is 11.9 Å². The summed E-state index contributed by atoms with van der Waals surface area (Å²) >= 11 is 0. The van der Waals surface area contributed by atoms with Crippen molar-refractivity contribution in [3.05, 3.63) is 0 Å². The van der Waals surface area contributed by atoms with Gasteiger partial charge in [-0.05, 0) is 25.7 Å². The summed E-state index contributed by atoms with van der Waals surface area (Å²) in [6.07, 6.45) is 6.36. The molecule has 19 heavy (non-hydrogen) atoms. The molecule has 0 aliphatic heterocycles. The third kappa shape index (κ3) is 4.49. The lowest BCUT2D eigenvalue weighted by Crippen LogP contribution is -2.47. The number of carboxylic acid groups (broad SMARTS) is 1. The summed E-state index contributed by atoms with van der Waals surface area (Å²) in [6, 6.07) is 0. The molecule has 0 aromatic carbocycles. The van der Waals surface area contributed by atoms with Crippen molar-refractivity contribution in [3.8, 4) is 0 Å². The van der Waals surface area contributed by atoms with Gasteiger partial charge in [0, 0.05) is 13.1 Å². The molecule has 4 N–H and O–H groups in total. The number of aliphatic carboxylic acids is 1. The molecule has 0 aromatic rings. The van der Waals surface area contributed by atoms with E-state index < -0.39 is 5.97 Å². The van der Waals surface area contributed by atoms with E-state index in [-0.39, 0.29) is 17.2 Å². The molecular weight excluding hydrogens is 244 g/mol. The van der Waals surface area contributed by atoms with Gasteiger partial charge in [-0.15, -0.1) is 0 Å². The van der Waals surface area contributed by atoms with E-state index in [4.69, 9.17) is 10.8 Å². The molecule has 0 aromatic heterocycles. The standard InChI is InChI=1S/C14H26N2O3/c1-11(12(17)18)6-5-9-16-13(19)14(10-15)7-3-2-4-8-14/h11H,2-10,15H2,1H3,(H,16,19)(H,17,18). The van der Waals surface area contributed by atoms with E-state index in [1.54, 1.807) is 6.92 Å². The average molecular weight is 270 g/mol. The summed E-state index contributed by atoms with van der Waals surface area (Å²) in [5, 5.41) is 11.7. The van der Waals surface area contributed by atoms with Crippen LogP contribution in [0.15, 0.2) is 0 Å². The number of rotatable bonds is 7. The quantitative estimate of drug-likeness (QED) is 0.611. The molecular formula is C14H26N2O3. The SMILES string of the molecule is CC(CCCNC(=O)C1(CN)CCCCC1)C(=O)O. The maximum absolute atomic E-state index is 12.2. The van der Waals surface area contributed by atoms with Gasteiger partial charge in [-0.2, -0.15) is 0 Å². The van der Waals surface area contributed by atoms with Gasteiger partial charge in [0.25, 0.3) is 0 Å². The fourth-order valence-corrected chi connectivity index (χ4v) is 2.67. The first kappa shape index (κ1) is 16.0. The number of hydrogen-bond donors (Lipinski definition) is 3. The molecule has 0 radical (unpaired) electrons. The van der Waals surface area contributed by atoms with Gasteiger partial charge in [0.2, 0.25) is 5.91 Å². The topological polar surface area (TPSA) is 92.4 Å². The first-order valence-corrected chi connectivity index (χ1v) is 7.23. The van der Waals surface area contributed by atoms with Crippen LogP contribution in [0.1, 0.15) is 51.9 Å². The van der Waals surface area contributed by atoms with Crippen LogP contribution >= 0.6 is 0 Å². The van der Waals surface area contributed by atoms with E-state index in [1.165, 1.54) is 6.42 Å². The van der Waals surface area contributed by atoms with Crippen LogP contribution in [0.3, 0.4) is 0 Å². The fourth-order valence-electron chi connectivity index (χ4n) is 2.67. The number of carboxylic acids is 1. The van der Waals surface area contributed by atoms with Crippen molar-refractivity contribution in [1.29, 1.82) is 0 Å². The van der Waals surface area contributed by atoms with Gasteiger partial charge >= 0.3 is 5.97 Å². The van der Waals surface area contributed by atoms with Crippen LogP contribution in [0.2, 0.25) is 0 Å². The van der Waals surface area contributed by atoms with Crippen LogP contribution in [-0.4, -0.2) is 30.1 Å². The minimum absolute atomic E-state index is 0.0534. The molecule has 1 unspecified atom stereocenters. The van der Waals surface area contributed by atoms with Gasteiger partial charge in [0.05, 0.1) is 11.3 Å². The third-order valence-corrected chi connectivity index (χ3v) is 4.20. The lowest BCUT2D eigenvalue weighted by molar-refractivity contribution is -0.141. The number of amides is 1. The minimum Gasteiger partial charge on any atom is -0.481 e. The third-order valence-electron chi connectivity index (χ3n) is 4.20. The molecule has 0 spiro atoms. The molecule has 0 saturated heterocycles. The Labute approximate surface area is 114 Å². The normalized spacial score (nSPS) is 19.7. The van der Waals surface area contributed by atoms with Crippen molar-refractivity contribution in [2.24, 2.45) is 17.1 Å². The molecule has 1 amide bonds. The Kier molecular flexibility index (Phi) is 6.28. The second kappa shape index (κ2) is 7.48. The highest BCUT2D eigenvalue weighted by Gasteiger charge is 2.37. The lowest BCUT2D eigenvalue weighted by atomic mass is 9.73. The number of nitrogens with one attached hydrogen (secondary N) is 1. The highest BCUT2D eigenvalue weighted by atomic mass is 16.4. The Bertz CT molecular complexity index is 312. The van der Waals surface area contributed by atoms with Gasteiger partial charge in [-0.1, -0.05) is 26.2 Å². The van der Waals surface area contributed by atoms with Crippen molar-refractivity contribution < 1.29 is 14.7 Å². The predicted molar refractivity (Wildman–Crippen MR) is 73.6 cm³/mol. The largest absolute Gasteiger partial charge is 0.481 e. The molecule has 110 valence electrons. The Balaban J connectivity index is 2.31. The van der Waals surface area contributed by atoms with E-state index in [0.29, 0.717) is 25.9 Å². The van der Waals surface area contributed by atoms with Crippen LogP contribution < -0.4 is 11.1 Å². The van der Waals surface area contributed by atoms with Gasteiger partial charge in [0.15, 0.2) is 0 Å². The van der Waals surface area contributed by atoms with E-state index in [1.807, 2.05) is 0 Å². The maximum Gasteiger partial charge on any atom is 0.306 e. The van der Waals surface area contributed by atoms with Gasteiger partial charge in [0.1, 0.15) is 0 Å². The van der Waals surface area contributed by atoms with Crippen LogP contribution in [0.5, 0.6) is 0 Å². The Morgan fingerprint density at radius 2 is 1.95 bits per heavy atom. The summed E-state index contributed by atoms with van der Waals surface area (Å²) in [6.45, 7) is 2.63. The van der Waals surface area contributed by atoms with Crippen molar-refractivity contribution in [2.75, 3.05) is 13.1 Å². The number of hydrogen-bond acceptors (Lipinski definition) is 3. The van der Waals surface area contributed by atoms with Gasteiger partial charge in [-0.3, -0.25) is 9.59 Å². The molecule has 1 saturated carbocycles. The smallest absolute Gasteiger partial charge is 0.306 e. The molecule has 1 rings (SSSR count). The first-order chi connectivity index (χ1) is 9.02. The van der Waals surface area contributed by atoms with Crippen molar-refractivity contribution in [1.82, 2.24) is 5.32 Å². The molecule has 0 bridgehead atoms. The predicted octanol–water partition coefficient (Wildman–Crippen LogP) is 1.51. The number of nitrogens with two attached hydrogens (primary N) is 1. The fraction of sp³-hybridized carbons (Fsp3) is 0.857. The summed E-state index contributed by atoms with van der Waals surface area (Å²) in [7, 11) is 0. The second-order valence-electron chi connectivity index (χ2n) is 5.68. The zero-order valence-electron chi connectivity index (χ0n) is 11.8. The summed E-state index contributed by atoms with van der Waals surface area (Å²) in [5.74, 6) is -1.08. The number of carbonyl (C=O) groups excluding carboxylic acids is 1. The van der Waals surface area contributed by atoms with Gasteiger partial charge in [-0.25, -0.2) is 0 Å². The highest BCUT2D eigenvalue weighted by molar-refractivity contribution is 5.83. The summed E-state index contributed by atoms with van der Waals surface area (Å²) in [5.41, 5.74) is 5.41. The average Bonchev–Trinajstić information content (AvgIpc) is 2.43. The highest BCUT2D eigenvalue weighted by Crippen LogP contribution is 2.35. The second-order valence-corrected chi connectivity index (χ2v) is 5.68. The van der Waals surface area contributed by atoms with Crippen LogP contribution in [-0.2, 0) is 9.59 Å². The Hall–Kier alpha value is -1.10. The molecule has 0 heterocycles. The maximum atomic E-state index is 12.2. The van der Waals surface area contributed by atoms with Crippen LogP contribution in [0, 0.1) is 11.3 Å². The molecule has 1 fully saturated rings. The van der Waals surface area contributed by atoms with Crippen molar-refractivity contribution in [3.63, 3.8) is 0 Å². The monoisotopic (exact) mass is 270 g/mol. The van der Waals surface area contributed by atoms with Crippen molar-refractivity contribution in [2.45, 2.75) is 51.9 Å². The zero-order valence-corrected chi connectivity index (χ0v) is 11.8. The van der Waals surface area contributed by atoms with E-state index in [2.05, 4.69) is 5.32 Å². The molecule has 5 heteroatoms. The number of carbonyl (C=O) groups is 2. The van der Waals surface area contributed by atoms with E-state index in [0.717, 1.165) is 25.7 Å². The Morgan fingerprint density at radius 1 is 1.32 bits per heavy atom. The Morgan fingerprint density at radius 3 is 2.47 bits per heavy atom. The van der Waals surface area contributed by atoms with E-state index in [9.17, 15) is 9.59 Å². The van der Waals surface area contributed by atoms with Gasteiger partial charge < -0.3 is 16.2 Å². The summed E-state index contributed by atoms with van der Waals surface area (Å²) in [4.78, 5) is 22.9. The zero-order chi connectivity index (χ0) is 14.3. The molecule has 1 aliphatic rings. The molecule has 1 atom stereocenters. The lowest BCUT2D eigenvalue weighted by Gasteiger charge is -2.34. The summed E-state index contributed by atoms with van der Waals surface area (Å²) < 4.78 is 0. The van der Waals surface area contributed by atoms with Crippen LogP contribution in [0.25, 0.3) is 0 Å². The first-order valence-electron chi connectivity index (χ1n) is 7.23. The van der Waals surface area contributed by atoms with E-state index >= 15 is 0 Å². The minimum atomic E-state index is -0.781. The molecule has 5 nitrogen and oxygen atoms in total.